The van der Waals surface area contributed by atoms with Crippen LogP contribution in [0.5, 0.6) is 5.75 Å². The third-order valence-corrected chi connectivity index (χ3v) is 4.42. The van der Waals surface area contributed by atoms with Crippen molar-refractivity contribution in [1.82, 2.24) is 5.43 Å². The maximum atomic E-state index is 11.1. The number of nitrogens with zero attached hydrogens (tertiary/aromatic N) is 2. The van der Waals surface area contributed by atoms with Crippen molar-refractivity contribution >= 4 is 39.9 Å². The second-order valence-corrected chi connectivity index (χ2v) is 6.53. The van der Waals surface area contributed by atoms with Gasteiger partial charge in [0.15, 0.2) is 5.17 Å². The lowest BCUT2D eigenvalue weighted by Crippen LogP contribution is -2.25. The topological polar surface area (TPSA) is 75.1 Å². The molecule has 1 heterocycles. The molecule has 1 aliphatic rings. The minimum atomic E-state index is -0.0832. The van der Waals surface area contributed by atoms with Crippen molar-refractivity contribution in [2.75, 3.05) is 17.7 Å². The van der Waals surface area contributed by atoms with Crippen LogP contribution in [0.1, 0.15) is 19.4 Å². The van der Waals surface area contributed by atoms with E-state index in [9.17, 15) is 4.79 Å². The van der Waals surface area contributed by atoms with Gasteiger partial charge in [0.2, 0.25) is 5.91 Å². The van der Waals surface area contributed by atoms with E-state index in [0.717, 1.165) is 39.3 Å². The summed E-state index contributed by atoms with van der Waals surface area (Å²) in [5.41, 5.74) is 6.58. The number of hydrogen-bond acceptors (Lipinski definition) is 5. The molecule has 7 heteroatoms. The largest absolute Gasteiger partial charge is 0.494 e. The molecular weight excluding hydrogens is 348 g/mol. The first-order valence-corrected chi connectivity index (χ1v) is 9.27. The van der Waals surface area contributed by atoms with Gasteiger partial charge in [0.25, 0.3) is 0 Å². The van der Waals surface area contributed by atoms with Crippen LogP contribution < -0.4 is 15.5 Å². The molecule has 0 atom stereocenters. The average Bonchev–Trinajstić information content (AvgIpc) is 2.64. The highest BCUT2D eigenvalue weighted by Gasteiger charge is 2.13. The molecule has 1 aliphatic heterocycles. The Morgan fingerprint density at radius 3 is 2.54 bits per heavy atom. The summed E-state index contributed by atoms with van der Waals surface area (Å²) in [5.74, 6) is 1.48. The van der Waals surface area contributed by atoms with E-state index in [1.165, 1.54) is 6.92 Å². The fourth-order valence-corrected chi connectivity index (χ4v) is 3.16. The highest BCUT2D eigenvalue weighted by molar-refractivity contribution is 8.14. The van der Waals surface area contributed by atoms with Crippen molar-refractivity contribution in [3.05, 3.63) is 54.1 Å². The second kappa shape index (κ2) is 8.53. The number of carbonyl (C=O) groups excluding carboxylic acids is 1. The van der Waals surface area contributed by atoms with Crippen LogP contribution in [0.15, 0.2) is 58.6 Å². The van der Waals surface area contributed by atoms with Crippen molar-refractivity contribution in [3.8, 4) is 5.75 Å². The summed E-state index contributed by atoms with van der Waals surface area (Å²) in [7, 11) is 0. The molecule has 134 valence electrons. The summed E-state index contributed by atoms with van der Waals surface area (Å²) < 4.78 is 5.43. The molecule has 0 unspecified atom stereocenters. The zero-order chi connectivity index (χ0) is 18.4. The highest BCUT2D eigenvalue weighted by atomic mass is 32.2. The van der Waals surface area contributed by atoms with Crippen molar-refractivity contribution in [2.45, 2.75) is 13.8 Å². The van der Waals surface area contributed by atoms with E-state index in [-0.39, 0.29) is 5.91 Å². The van der Waals surface area contributed by atoms with Crippen LogP contribution in [0.2, 0.25) is 0 Å². The van der Waals surface area contributed by atoms with E-state index in [0.29, 0.717) is 6.61 Å². The minimum absolute atomic E-state index is 0.0832. The lowest BCUT2D eigenvalue weighted by atomic mass is 10.1. The fraction of sp³-hybridized carbons (Fsp3) is 0.211. The first kappa shape index (κ1) is 18.0. The Kier molecular flexibility index (Phi) is 5.91. The predicted octanol–water partition coefficient (Wildman–Crippen LogP) is 3.77. The minimum Gasteiger partial charge on any atom is -0.494 e. The van der Waals surface area contributed by atoms with Crippen LogP contribution in [0.3, 0.4) is 0 Å². The third kappa shape index (κ3) is 4.86. The van der Waals surface area contributed by atoms with Crippen molar-refractivity contribution in [1.29, 1.82) is 0 Å². The third-order valence-electron chi connectivity index (χ3n) is 3.55. The highest BCUT2D eigenvalue weighted by Crippen LogP contribution is 2.21. The Balaban J connectivity index is 1.64. The molecule has 0 aromatic heterocycles. The summed E-state index contributed by atoms with van der Waals surface area (Å²) in [5, 5.41) is 7.93. The number of amides is 1. The summed E-state index contributed by atoms with van der Waals surface area (Å²) in [4.78, 5) is 15.6. The number of ether oxygens (including phenoxy) is 1. The molecule has 0 aliphatic carbocycles. The van der Waals surface area contributed by atoms with E-state index >= 15 is 0 Å². The molecule has 0 bridgehead atoms. The quantitative estimate of drug-likeness (QED) is 0.842. The van der Waals surface area contributed by atoms with Crippen LogP contribution in [0, 0.1) is 0 Å². The molecule has 2 N–H and O–H groups in total. The van der Waals surface area contributed by atoms with Gasteiger partial charge in [-0.05, 0) is 48.9 Å². The van der Waals surface area contributed by atoms with Gasteiger partial charge in [-0.2, -0.15) is 5.10 Å². The lowest BCUT2D eigenvalue weighted by molar-refractivity contribution is -0.114. The standard InChI is InChI=1S/C19H20N4O2S/c1-3-25-17-10-8-16(9-11-17)21-19-23-22-18(12-26-19)14-4-6-15(7-5-14)20-13(2)24/h4-11H,3,12H2,1-2H3,(H,20,24)(H,21,23). The van der Waals surface area contributed by atoms with E-state index in [1.54, 1.807) is 11.8 Å². The second-order valence-electron chi connectivity index (χ2n) is 5.56. The number of hydrazone groups is 1. The monoisotopic (exact) mass is 368 g/mol. The summed E-state index contributed by atoms with van der Waals surface area (Å²) in [6, 6.07) is 15.3. The van der Waals surface area contributed by atoms with Gasteiger partial charge in [-0.15, -0.1) is 0 Å². The van der Waals surface area contributed by atoms with E-state index in [2.05, 4.69) is 20.8 Å². The maximum Gasteiger partial charge on any atom is 0.221 e. The SMILES string of the molecule is CCOc1ccc(N=C2NN=C(c3ccc(NC(C)=O)cc3)CS2)cc1. The first-order valence-electron chi connectivity index (χ1n) is 8.29. The molecule has 3 rings (SSSR count). The zero-order valence-electron chi connectivity index (χ0n) is 14.7. The average molecular weight is 368 g/mol. The Morgan fingerprint density at radius 1 is 1.23 bits per heavy atom. The molecule has 0 saturated carbocycles. The fourth-order valence-electron chi connectivity index (χ4n) is 2.37. The Morgan fingerprint density at radius 2 is 1.96 bits per heavy atom. The smallest absolute Gasteiger partial charge is 0.221 e. The summed E-state index contributed by atoms with van der Waals surface area (Å²) >= 11 is 1.60. The van der Waals surface area contributed by atoms with Crippen molar-refractivity contribution in [3.63, 3.8) is 0 Å². The molecule has 0 fully saturated rings. The number of thioether (sulfide) groups is 1. The molecule has 0 saturated heterocycles. The first-order chi connectivity index (χ1) is 12.6. The van der Waals surface area contributed by atoms with Crippen LogP contribution >= 0.6 is 11.8 Å². The predicted molar refractivity (Wildman–Crippen MR) is 108 cm³/mol. The molecule has 26 heavy (non-hydrogen) atoms. The molecule has 2 aromatic carbocycles. The number of hydrogen-bond donors (Lipinski definition) is 2. The van der Waals surface area contributed by atoms with Gasteiger partial charge >= 0.3 is 0 Å². The number of carbonyl (C=O) groups is 1. The van der Waals surface area contributed by atoms with Crippen LogP contribution in [0.25, 0.3) is 0 Å². The number of benzene rings is 2. The Hall–Kier alpha value is -2.80. The molecule has 1 amide bonds. The Labute approximate surface area is 156 Å². The van der Waals surface area contributed by atoms with Gasteiger partial charge in [-0.25, -0.2) is 4.99 Å². The molecular formula is C19H20N4O2S. The van der Waals surface area contributed by atoms with Gasteiger partial charge in [0.05, 0.1) is 18.0 Å². The Bertz CT molecular complexity index is 830. The number of nitrogens with one attached hydrogen (secondary N) is 2. The van der Waals surface area contributed by atoms with Gasteiger partial charge < -0.3 is 10.1 Å². The lowest BCUT2D eigenvalue weighted by Gasteiger charge is -2.15. The molecule has 0 spiro atoms. The van der Waals surface area contributed by atoms with Crippen LogP contribution in [-0.2, 0) is 4.79 Å². The van der Waals surface area contributed by atoms with E-state index in [4.69, 9.17) is 4.74 Å². The van der Waals surface area contributed by atoms with E-state index in [1.807, 2.05) is 55.5 Å². The van der Waals surface area contributed by atoms with Gasteiger partial charge in [-0.3, -0.25) is 10.2 Å². The van der Waals surface area contributed by atoms with Gasteiger partial charge in [0.1, 0.15) is 5.75 Å². The number of rotatable bonds is 5. The van der Waals surface area contributed by atoms with Crippen molar-refractivity contribution in [2.24, 2.45) is 10.1 Å². The number of amidine groups is 1. The van der Waals surface area contributed by atoms with Crippen molar-refractivity contribution < 1.29 is 9.53 Å². The maximum absolute atomic E-state index is 11.1. The van der Waals surface area contributed by atoms with Gasteiger partial charge in [0, 0.05) is 18.4 Å². The summed E-state index contributed by atoms with van der Waals surface area (Å²) in [6.45, 7) is 4.10. The zero-order valence-corrected chi connectivity index (χ0v) is 15.5. The summed E-state index contributed by atoms with van der Waals surface area (Å²) in [6.07, 6.45) is 0. The molecule has 2 aromatic rings. The molecule has 0 radical (unpaired) electrons. The van der Waals surface area contributed by atoms with E-state index < -0.39 is 0 Å². The van der Waals surface area contributed by atoms with Crippen LogP contribution in [-0.4, -0.2) is 29.1 Å². The number of aliphatic imine (C=N–C) groups is 1. The van der Waals surface area contributed by atoms with Crippen LogP contribution in [0.4, 0.5) is 11.4 Å². The normalized spacial score (nSPS) is 15.2. The molecule has 6 nitrogen and oxygen atoms in total. The number of anilines is 1. The van der Waals surface area contributed by atoms with Gasteiger partial charge in [-0.1, -0.05) is 23.9 Å².